The van der Waals surface area contributed by atoms with Crippen molar-refractivity contribution in [1.82, 2.24) is 14.8 Å². The van der Waals surface area contributed by atoms with E-state index < -0.39 is 0 Å². The summed E-state index contributed by atoms with van der Waals surface area (Å²) in [6.45, 7) is 4.09. The van der Waals surface area contributed by atoms with E-state index in [-0.39, 0.29) is 11.9 Å². The second kappa shape index (κ2) is 5.88. The molecule has 112 valence electrons. The zero-order valence-electron chi connectivity index (χ0n) is 12.2. The smallest absolute Gasteiger partial charge is 0.257 e. The Bertz CT molecular complexity index is 824. The molecule has 0 saturated heterocycles. The van der Waals surface area contributed by atoms with E-state index in [2.05, 4.69) is 31.3 Å². The van der Waals surface area contributed by atoms with Gasteiger partial charge in [0.2, 0.25) is 0 Å². The van der Waals surface area contributed by atoms with Gasteiger partial charge in [-0.15, -0.1) is 0 Å². The Morgan fingerprint density at radius 2 is 1.95 bits per heavy atom. The minimum absolute atomic E-state index is 0.186. The largest absolute Gasteiger partial charge is 0.322 e. The molecule has 5 nitrogen and oxygen atoms in total. The first-order valence-corrected chi connectivity index (χ1v) is 7.74. The molecule has 0 unspecified atom stereocenters. The molecule has 0 radical (unpaired) electrons. The van der Waals surface area contributed by atoms with E-state index in [1.807, 2.05) is 48.9 Å². The summed E-state index contributed by atoms with van der Waals surface area (Å²) in [5.41, 5.74) is 2.04. The van der Waals surface area contributed by atoms with Crippen LogP contribution >= 0.6 is 15.9 Å². The van der Waals surface area contributed by atoms with Crippen LogP contribution in [0.5, 0.6) is 0 Å². The van der Waals surface area contributed by atoms with Crippen LogP contribution in [-0.4, -0.2) is 20.7 Å². The summed E-state index contributed by atoms with van der Waals surface area (Å²) in [6, 6.07) is 9.47. The molecule has 0 spiro atoms. The maximum atomic E-state index is 12.3. The Morgan fingerprint density at radius 3 is 2.64 bits per heavy atom. The van der Waals surface area contributed by atoms with Crippen LogP contribution in [0.25, 0.3) is 11.0 Å². The lowest BCUT2D eigenvalue weighted by Gasteiger charge is -2.07. The summed E-state index contributed by atoms with van der Waals surface area (Å²) >= 11 is 3.37. The molecule has 22 heavy (non-hydrogen) atoms. The number of fused-ring (bicyclic) bond motifs is 1. The highest BCUT2D eigenvalue weighted by molar-refractivity contribution is 9.10. The predicted octanol–water partition coefficient (Wildman–Crippen LogP) is 4.03. The number of hydrogen-bond acceptors (Lipinski definition) is 3. The van der Waals surface area contributed by atoms with Gasteiger partial charge in [0.25, 0.3) is 5.91 Å². The molecule has 0 aliphatic rings. The molecule has 6 heteroatoms. The van der Waals surface area contributed by atoms with Crippen molar-refractivity contribution < 1.29 is 4.79 Å². The number of nitrogens with one attached hydrogen (secondary N) is 1. The lowest BCUT2D eigenvalue weighted by molar-refractivity contribution is 0.102. The van der Waals surface area contributed by atoms with Gasteiger partial charge in [0.15, 0.2) is 5.65 Å². The minimum atomic E-state index is -0.186. The third-order valence-corrected chi connectivity index (χ3v) is 3.82. The number of amides is 1. The Morgan fingerprint density at radius 1 is 1.23 bits per heavy atom. The van der Waals surface area contributed by atoms with Crippen LogP contribution in [0.15, 0.2) is 47.2 Å². The van der Waals surface area contributed by atoms with E-state index in [0.717, 1.165) is 21.2 Å². The SMILES string of the molecule is CC(C)n1ncc2cc(C(=O)Nc3ccc(Br)cc3)cnc21. The van der Waals surface area contributed by atoms with Crippen LogP contribution in [0.1, 0.15) is 30.2 Å². The second-order valence-corrected chi connectivity index (χ2v) is 6.20. The highest BCUT2D eigenvalue weighted by Gasteiger charge is 2.12. The topological polar surface area (TPSA) is 59.8 Å². The van der Waals surface area contributed by atoms with Gasteiger partial charge in [-0.2, -0.15) is 5.10 Å². The average Bonchev–Trinajstić information content (AvgIpc) is 2.92. The zero-order chi connectivity index (χ0) is 15.7. The second-order valence-electron chi connectivity index (χ2n) is 5.28. The summed E-state index contributed by atoms with van der Waals surface area (Å²) in [5, 5.41) is 8.02. The molecule has 1 aromatic carbocycles. The van der Waals surface area contributed by atoms with Crippen molar-refractivity contribution in [3.05, 3.63) is 52.8 Å². The van der Waals surface area contributed by atoms with Gasteiger partial charge in [-0.25, -0.2) is 9.67 Å². The number of hydrogen-bond donors (Lipinski definition) is 1. The summed E-state index contributed by atoms with van der Waals surface area (Å²) in [4.78, 5) is 16.7. The van der Waals surface area contributed by atoms with Crippen LogP contribution in [0.3, 0.4) is 0 Å². The van der Waals surface area contributed by atoms with E-state index in [1.165, 1.54) is 0 Å². The molecule has 3 rings (SSSR count). The van der Waals surface area contributed by atoms with E-state index in [1.54, 1.807) is 12.4 Å². The molecule has 1 amide bonds. The fourth-order valence-corrected chi connectivity index (χ4v) is 2.44. The van der Waals surface area contributed by atoms with Crippen molar-refractivity contribution in [2.24, 2.45) is 0 Å². The van der Waals surface area contributed by atoms with Crippen LogP contribution in [0.4, 0.5) is 5.69 Å². The number of benzene rings is 1. The molecule has 0 atom stereocenters. The first-order valence-electron chi connectivity index (χ1n) is 6.95. The molecule has 2 heterocycles. The summed E-state index contributed by atoms with van der Waals surface area (Å²) in [7, 11) is 0. The van der Waals surface area contributed by atoms with Gasteiger partial charge >= 0.3 is 0 Å². The van der Waals surface area contributed by atoms with Crippen LogP contribution in [0.2, 0.25) is 0 Å². The van der Waals surface area contributed by atoms with E-state index in [9.17, 15) is 4.79 Å². The molecule has 0 aliphatic heterocycles. The Kier molecular flexibility index (Phi) is 3.94. The molecule has 2 aromatic heterocycles. The fraction of sp³-hybridized carbons (Fsp3) is 0.188. The van der Waals surface area contributed by atoms with Gasteiger partial charge in [-0.1, -0.05) is 15.9 Å². The maximum absolute atomic E-state index is 12.3. The highest BCUT2D eigenvalue weighted by atomic mass is 79.9. The van der Waals surface area contributed by atoms with E-state index in [4.69, 9.17) is 0 Å². The fourth-order valence-electron chi connectivity index (χ4n) is 2.18. The average molecular weight is 359 g/mol. The summed E-state index contributed by atoms with van der Waals surface area (Å²) in [5.74, 6) is -0.186. The third-order valence-electron chi connectivity index (χ3n) is 3.29. The third kappa shape index (κ3) is 2.87. The summed E-state index contributed by atoms with van der Waals surface area (Å²) in [6.07, 6.45) is 3.32. The van der Waals surface area contributed by atoms with Crippen LogP contribution < -0.4 is 5.32 Å². The van der Waals surface area contributed by atoms with Crippen molar-refractivity contribution in [3.63, 3.8) is 0 Å². The van der Waals surface area contributed by atoms with Gasteiger partial charge in [0.05, 0.1) is 11.8 Å². The molecule has 1 N–H and O–H groups in total. The molecular weight excluding hydrogens is 344 g/mol. The van der Waals surface area contributed by atoms with Crippen LogP contribution in [0, 0.1) is 0 Å². The number of pyridine rings is 1. The van der Waals surface area contributed by atoms with Crippen molar-refractivity contribution in [2.75, 3.05) is 5.32 Å². The van der Waals surface area contributed by atoms with Gasteiger partial charge in [-0.05, 0) is 44.2 Å². The van der Waals surface area contributed by atoms with Gasteiger partial charge in [0, 0.05) is 27.8 Å². The molecule has 3 aromatic rings. The lowest BCUT2D eigenvalue weighted by atomic mass is 10.2. The number of nitrogens with zero attached hydrogens (tertiary/aromatic N) is 3. The molecule has 0 aliphatic carbocycles. The first kappa shape index (κ1) is 14.7. The summed E-state index contributed by atoms with van der Waals surface area (Å²) < 4.78 is 2.81. The standard InChI is InChI=1S/C16H15BrN4O/c1-10(2)21-15-11(9-19-21)7-12(8-18-15)16(22)20-14-5-3-13(17)4-6-14/h3-10H,1-2H3,(H,20,22). The molecular formula is C16H15BrN4O. The van der Waals surface area contributed by atoms with Crippen molar-refractivity contribution in [2.45, 2.75) is 19.9 Å². The minimum Gasteiger partial charge on any atom is -0.322 e. The van der Waals surface area contributed by atoms with Crippen molar-refractivity contribution in [3.8, 4) is 0 Å². The molecule has 0 bridgehead atoms. The number of halogens is 1. The first-order chi connectivity index (χ1) is 10.5. The molecule has 0 fully saturated rings. The Labute approximate surface area is 136 Å². The van der Waals surface area contributed by atoms with Crippen molar-refractivity contribution in [1.29, 1.82) is 0 Å². The number of carbonyl (C=O) groups excluding carboxylic acids is 1. The number of anilines is 1. The Balaban J connectivity index is 1.86. The van der Waals surface area contributed by atoms with Crippen molar-refractivity contribution >= 4 is 38.6 Å². The maximum Gasteiger partial charge on any atom is 0.257 e. The van der Waals surface area contributed by atoms with E-state index in [0.29, 0.717) is 5.56 Å². The molecule has 0 saturated carbocycles. The van der Waals surface area contributed by atoms with Gasteiger partial charge in [0.1, 0.15) is 0 Å². The zero-order valence-corrected chi connectivity index (χ0v) is 13.8. The number of carbonyl (C=O) groups is 1. The number of aromatic nitrogens is 3. The van der Waals surface area contributed by atoms with Gasteiger partial charge < -0.3 is 5.32 Å². The normalized spacial score (nSPS) is 11.1. The van der Waals surface area contributed by atoms with Crippen LogP contribution in [-0.2, 0) is 0 Å². The van der Waals surface area contributed by atoms with Gasteiger partial charge in [-0.3, -0.25) is 4.79 Å². The predicted molar refractivity (Wildman–Crippen MR) is 90.0 cm³/mol. The number of rotatable bonds is 3. The Hall–Kier alpha value is -2.21. The quantitative estimate of drug-likeness (QED) is 0.768. The monoisotopic (exact) mass is 358 g/mol. The lowest BCUT2D eigenvalue weighted by Crippen LogP contribution is -2.12. The highest BCUT2D eigenvalue weighted by Crippen LogP contribution is 2.18. The van der Waals surface area contributed by atoms with E-state index >= 15 is 0 Å².